The number of nitrogens with one attached hydrogen (secondary N) is 1. The van der Waals surface area contributed by atoms with Crippen molar-refractivity contribution in [1.29, 1.82) is 5.26 Å². The first kappa shape index (κ1) is 27.3. The molecule has 0 aliphatic heterocycles. The molecule has 190 valence electrons. The molecule has 0 saturated heterocycles. The number of hydrogen-bond acceptors (Lipinski definition) is 4. The minimum atomic E-state index is -0.512. The van der Waals surface area contributed by atoms with Gasteiger partial charge in [-0.05, 0) is 99.4 Å². The summed E-state index contributed by atoms with van der Waals surface area (Å²) in [4.78, 5) is 12.7. The van der Waals surface area contributed by atoms with Gasteiger partial charge in [-0.3, -0.25) is 4.79 Å². The van der Waals surface area contributed by atoms with E-state index in [0.717, 1.165) is 11.1 Å². The Morgan fingerprint density at radius 1 is 0.842 bits per heavy atom. The molecular weight excluding hydrogens is 587 g/mol. The molecule has 1 N–H and O–H groups in total. The number of nitrogens with zero attached hydrogens (tertiary/aromatic N) is 1. The number of carbonyl (C=O) groups is 1. The number of carbonyl (C=O) groups excluding carboxylic acids is 1. The molecule has 0 spiro atoms. The van der Waals surface area contributed by atoms with Gasteiger partial charge in [-0.15, -0.1) is 0 Å². The molecule has 38 heavy (non-hydrogen) atoms. The number of hydrogen-bond donors (Lipinski definition) is 1. The Kier molecular flexibility index (Phi) is 9.45. The van der Waals surface area contributed by atoms with Crippen LogP contribution in [0.3, 0.4) is 0 Å². The van der Waals surface area contributed by atoms with Gasteiger partial charge in [0.15, 0.2) is 0 Å². The lowest BCUT2D eigenvalue weighted by molar-refractivity contribution is -0.112. The molecule has 0 fully saturated rings. The number of amides is 1. The van der Waals surface area contributed by atoms with Crippen LogP contribution >= 0.6 is 39.1 Å². The van der Waals surface area contributed by atoms with Crippen LogP contribution in [-0.2, 0) is 18.0 Å². The summed E-state index contributed by atoms with van der Waals surface area (Å²) in [6, 6.07) is 29.1. The summed E-state index contributed by atoms with van der Waals surface area (Å²) in [5.41, 5.74) is 3.16. The highest BCUT2D eigenvalue weighted by Gasteiger charge is 2.11. The van der Waals surface area contributed by atoms with Gasteiger partial charge in [0.05, 0.1) is 4.47 Å². The zero-order valence-electron chi connectivity index (χ0n) is 20.0. The Hall–Kier alpha value is -3.76. The van der Waals surface area contributed by atoms with Crippen LogP contribution in [0.5, 0.6) is 11.5 Å². The summed E-state index contributed by atoms with van der Waals surface area (Å²) in [6.07, 6.45) is 1.52. The number of ether oxygens (including phenoxy) is 2. The fourth-order valence-corrected chi connectivity index (χ4v) is 4.12. The van der Waals surface area contributed by atoms with Crippen LogP contribution < -0.4 is 14.8 Å². The van der Waals surface area contributed by atoms with Crippen LogP contribution in [0.2, 0.25) is 10.0 Å². The summed E-state index contributed by atoms with van der Waals surface area (Å²) < 4.78 is 12.3. The van der Waals surface area contributed by atoms with E-state index in [1.54, 1.807) is 42.5 Å². The molecule has 0 radical (unpaired) electrons. The highest BCUT2D eigenvalue weighted by molar-refractivity contribution is 9.10. The predicted octanol–water partition coefficient (Wildman–Crippen LogP) is 8.46. The van der Waals surface area contributed by atoms with Gasteiger partial charge in [-0.1, -0.05) is 53.5 Å². The van der Waals surface area contributed by atoms with E-state index in [2.05, 4.69) is 21.2 Å². The molecule has 5 nitrogen and oxygen atoms in total. The van der Waals surface area contributed by atoms with Gasteiger partial charge in [-0.2, -0.15) is 5.26 Å². The first-order valence-corrected chi connectivity index (χ1v) is 13.0. The van der Waals surface area contributed by atoms with E-state index in [9.17, 15) is 10.1 Å². The number of anilines is 1. The summed E-state index contributed by atoms with van der Waals surface area (Å²) in [6.45, 7) is 0.770. The van der Waals surface area contributed by atoms with Gasteiger partial charge < -0.3 is 14.8 Å². The van der Waals surface area contributed by atoms with Crippen molar-refractivity contribution in [2.75, 3.05) is 5.32 Å². The Labute approximate surface area is 239 Å². The first-order chi connectivity index (χ1) is 18.4. The average Bonchev–Trinajstić information content (AvgIpc) is 2.92. The lowest BCUT2D eigenvalue weighted by Gasteiger charge is -2.10. The second kappa shape index (κ2) is 13.2. The third-order valence-corrected chi connectivity index (χ3v) is 6.49. The lowest BCUT2D eigenvalue weighted by Crippen LogP contribution is -2.13. The maximum absolute atomic E-state index is 12.7. The van der Waals surface area contributed by atoms with Gasteiger partial charge in [-0.25, -0.2) is 0 Å². The monoisotopic (exact) mass is 606 g/mol. The molecule has 0 aromatic heterocycles. The van der Waals surface area contributed by atoms with Crippen molar-refractivity contribution in [2.45, 2.75) is 13.2 Å². The molecule has 0 saturated carbocycles. The van der Waals surface area contributed by atoms with Crippen molar-refractivity contribution in [1.82, 2.24) is 0 Å². The summed E-state index contributed by atoms with van der Waals surface area (Å²) in [5, 5.41) is 13.7. The van der Waals surface area contributed by atoms with Gasteiger partial charge in [0, 0.05) is 15.7 Å². The summed E-state index contributed by atoms with van der Waals surface area (Å²) >= 11 is 15.3. The fraction of sp³-hybridized carbons (Fsp3) is 0.0667. The quantitative estimate of drug-likeness (QED) is 0.153. The Morgan fingerprint density at radius 3 is 1.97 bits per heavy atom. The van der Waals surface area contributed by atoms with Crippen molar-refractivity contribution >= 4 is 56.8 Å². The Bertz CT molecular complexity index is 1480. The van der Waals surface area contributed by atoms with Gasteiger partial charge in [0.2, 0.25) is 0 Å². The van der Waals surface area contributed by atoms with E-state index >= 15 is 0 Å². The zero-order valence-corrected chi connectivity index (χ0v) is 23.1. The lowest BCUT2D eigenvalue weighted by atomic mass is 10.1. The minimum absolute atomic E-state index is 0.0326. The predicted molar refractivity (Wildman–Crippen MR) is 154 cm³/mol. The minimum Gasteiger partial charge on any atom is -0.489 e. The van der Waals surface area contributed by atoms with E-state index in [4.69, 9.17) is 32.7 Å². The van der Waals surface area contributed by atoms with Crippen molar-refractivity contribution < 1.29 is 14.3 Å². The number of benzene rings is 4. The standard InChI is InChI=1S/C30H21BrCl2N2O3/c31-28-16-22(5-14-29(28)38-19-21-3-8-25(33)9-4-21)15-23(17-34)30(36)35-26-10-12-27(13-11-26)37-18-20-1-6-24(32)7-2-20/h1-16H,18-19H2,(H,35,36)/b23-15+. The topological polar surface area (TPSA) is 71.3 Å². The maximum Gasteiger partial charge on any atom is 0.266 e. The Morgan fingerprint density at radius 2 is 1.42 bits per heavy atom. The molecule has 4 aromatic carbocycles. The van der Waals surface area contributed by atoms with Crippen LogP contribution in [0.25, 0.3) is 6.08 Å². The molecule has 4 rings (SSSR count). The molecule has 0 atom stereocenters. The second-order valence-electron chi connectivity index (χ2n) is 8.17. The van der Waals surface area contributed by atoms with E-state index in [1.165, 1.54) is 6.08 Å². The SMILES string of the molecule is N#C/C(=C\c1ccc(OCc2ccc(Cl)cc2)c(Br)c1)C(=O)Nc1ccc(OCc2ccc(Cl)cc2)cc1. The maximum atomic E-state index is 12.7. The molecule has 0 unspecified atom stereocenters. The fourth-order valence-electron chi connectivity index (χ4n) is 3.36. The largest absolute Gasteiger partial charge is 0.489 e. The normalized spacial score (nSPS) is 10.9. The molecule has 4 aromatic rings. The van der Waals surface area contributed by atoms with E-state index in [0.29, 0.717) is 50.5 Å². The van der Waals surface area contributed by atoms with Crippen LogP contribution in [0.4, 0.5) is 5.69 Å². The van der Waals surface area contributed by atoms with Gasteiger partial charge in [0.1, 0.15) is 36.4 Å². The number of nitriles is 1. The third kappa shape index (κ3) is 7.87. The smallest absolute Gasteiger partial charge is 0.266 e. The van der Waals surface area contributed by atoms with Crippen LogP contribution in [-0.4, -0.2) is 5.91 Å². The molecule has 0 aliphatic rings. The molecular formula is C30H21BrCl2N2O3. The van der Waals surface area contributed by atoms with Gasteiger partial charge in [0.25, 0.3) is 5.91 Å². The molecule has 8 heteroatoms. The second-order valence-corrected chi connectivity index (χ2v) is 9.90. The van der Waals surface area contributed by atoms with Crippen molar-refractivity contribution in [3.63, 3.8) is 0 Å². The van der Waals surface area contributed by atoms with Crippen LogP contribution in [0, 0.1) is 11.3 Å². The molecule has 1 amide bonds. The van der Waals surface area contributed by atoms with E-state index in [1.807, 2.05) is 54.6 Å². The van der Waals surface area contributed by atoms with Crippen molar-refractivity contribution in [2.24, 2.45) is 0 Å². The highest BCUT2D eigenvalue weighted by Crippen LogP contribution is 2.28. The van der Waals surface area contributed by atoms with Crippen LogP contribution in [0.1, 0.15) is 16.7 Å². The van der Waals surface area contributed by atoms with Gasteiger partial charge >= 0.3 is 0 Å². The summed E-state index contributed by atoms with van der Waals surface area (Å²) in [7, 11) is 0. The van der Waals surface area contributed by atoms with Crippen molar-refractivity contribution in [3.05, 3.63) is 128 Å². The Balaban J connectivity index is 1.34. The van der Waals surface area contributed by atoms with E-state index < -0.39 is 5.91 Å². The zero-order chi connectivity index (χ0) is 26.9. The highest BCUT2D eigenvalue weighted by atomic mass is 79.9. The molecule has 0 heterocycles. The average molecular weight is 608 g/mol. The molecule has 0 bridgehead atoms. The third-order valence-electron chi connectivity index (χ3n) is 5.37. The summed E-state index contributed by atoms with van der Waals surface area (Å²) in [5.74, 6) is 0.775. The van der Waals surface area contributed by atoms with E-state index in [-0.39, 0.29) is 5.57 Å². The first-order valence-electron chi connectivity index (χ1n) is 11.5. The number of rotatable bonds is 9. The number of halogens is 3. The van der Waals surface area contributed by atoms with Crippen molar-refractivity contribution in [3.8, 4) is 17.6 Å². The molecule has 0 aliphatic carbocycles. The van der Waals surface area contributed by atoms with Crippen LogP contribution in [0.15, 0.2) is 101 Å².